The van der Waals surface area contributed by atoms with Gasteiger partial charge in [-0.25, -0.2) is 19.6 Å². The number of hydrogen-bond donors (Lipinski definition) is 5. The number of thiophene rings is 2. The first-order valence-electron chi connectivity index (χ1n) is 21.7. The molecule has 0 spiro atoms. The Bertz CT molecular complexity index is 2760. The first-order valence-corrected chi connectivity index (χ1v) is 24.9. The fourth-order valence-electron chi connectivity index (χ4n) is 7.27. The van der Waals surface area contributed by atoms with Crippen LogP contribution in [0.3, 0.4) is 0 Å². The van der Waals surface area contributed by atoms with E-state index in [2.05, 4.69) is 53.3 Å². The largest absolute Gasteiger partial charge is 0.484 e. The van der Waals surface area contributed by atoms with Gasteiger partial charge in [-0.3, -0.25) is 19.6 Å². The highest BCUT2D eigenvalue weighted by Crippen LogP contribution is 2.30. The minimum absolute atomic E-state index is 0.00854. The predicted octanol–water partition coefficient (Wildman–Crippen LogP) is 8.59. The molecule has 362 valence electrons. The van der Waals surface area contributed by atoms with Crippen LogP contribution in [0, 0.1) is 0 Å². The molecule has 2 atom stereocenters. The lowest BCUT2D eigenvalue weighted by Gasteiger charge is -2.17. The van der Waals surface area contributed by atoms with E-state index in [1.807, 2.05) is 24.3 Å². The summed E-state index contributed by atoms with van der Waals surface area (Å²) in [7, 11) is 1.26. The van der Waals surface area contributed by atoms with Crippen LogP contribution in [0.1, 0.15) is 65.8 Å². The quantitative estimate of drug-likeness (QED) is 0.0510. The average molecular weight is 1060 g/mol. The van der Waals surface area contributed by atoms with Gasteiger partial charge in [-0.05, 0) is 73.2 Å². The van der Waals surface area contributed by atoms with Gasteiger partial charge in [0.25, 0.3) is 11.8 Å². The van der Waals surface area contributed by atoms with Gasteiger partial charge in [0, 0.05) is 84.7 Å². The van der Waals surface area contributed by atoms with Crippen molar-refractivity contribution in [2.75, 3.05) is 44.0 Å². The summed E-state index contributed by atoms with van der Waals surface area (Å²) in [5.41, 5.74) is 4.46. The Balaban J connectivity index is 0.000000204. The molecular weight excluding hydrogens is 1010 g/mol. The van der Waals surface area contributed by atoms with E-state index in [1.165, 1.54) is 65.7 Å². The van der Waals surface area contributed by atoms with Gasteiger partial charge in [0.1, 0.15) is 23.7 Å². The number of anilines is 2. The molecule has 0 aromatic carbocycles. The molecule has 0 aliphatic carbocycles. The normalized spacial score (nSPS) is 13.4. The van der Waals surface area contributed by atoms with Crippen molar-refractivity contribution < 1.29 is 38.5 Å². The Morgan fingerprint density at radius 3 is 1.52 bits per heavy atom. The third-order valence-corrected chi connectivity index (χ3v) is 13.9. The third kappa shape index (κ3) is 14.2. The van der Waals surface area contributed by atoms with E-state index in [-0.39, 0.29) is 44.1 Å². The van der Waals surface area contributed by atoms with E-state index in [0.29, 0.717) is 36.2 Å². The Kier molecular flexibility index (Phi) is 18.3. The van der Waals surface area contributed by atoms with Gasteiger partial charge in [-0.1, -0.05) is 58.5 Å². The van der Waals surface area contributed by atoms with E-state index in [1.54, 1.807) is 12.1 Å². The van der Waals surface area contributed by atoms with Gasteiger partial charge < -0.3 is 40.6 Å². The van der Waals surface area contributed by atoms with Gasteiger partial charge in [0.2, 0.25) is 0 Å². The molecule has 0 bridgehead atoms. The maximum atomic E-state index is 12.7. The van der Waals surface area contributed by atoms with Crippen molar-refractivity contribution in [2.24, 2.45) is 0 Å². The summed E-state index contributed by atoms with van der Waals surface area (Å²) in [5.74, 6) is -1.08. The monoisotopic (exact) mass is 1050 g/mol. The molecule has 8 rings (SSSR count). The molecule has 69 heavy (non-hydrogen) atoms. The number of esters is 1. The highest BCUT2D eigenvalue weighted by molar-refractivity contribution is 7.14. The van der Waals surface area contributed by atoms with Gasteiger partial charge >= 0.3 is 11.9 Å². The second-order valence-electron chi connectivity index (χ2n) is 15.6. The van der Waals surface area contributed by atoms with Crippen molar-refractivity contribution in [3.8, 4) is 10.1 Å². The number of carbonyl (C=O) groups excluding carboxylic acids is 3. The van der Waals surface area contributed by atoms with Crippen molar-refractivity contribution in [1.29, 1.82) is 0 Å². The number of hydrogen-bond acceptors (Lipinski definition) is 15. The molecule has 0 unspecified atom stereocenters. The first-order chi connectivity index (χ1) is 33.3. The van der Waals surface area contributed by atoms with Crippen LogP contribution >= 0.6 is 69.1 Å². The molecule has 16 nitrogen and oxygen atoms in total. The van der Waals surface area contributed by atoms with Gasteiger partial charge in [-0.15, -0.1) is 22.7 Å². The number of rotatable bonds is 18. The van der Waals surface area contributed by atoms with Gasteiger partial charge in [0.15, 0.2) is 10.1 Å². The van der Waals surface area contributed by atoms with Gasteiger partial charge in [-0.2, -0.15) is 0 Å². The molecule has 22 heteroatoms. The maximum Gasteiger partial charge on any atom is 0.328 e. The molecule has 5 N–H and O–H groups in total. The average Bonchev–Trinajstić information content (AvgIpc) is 3.99. The number of ether oxygens (including phenoxy) is 3. The Morgan fingerprint density at radius 1 is 0.652 bits per heavy atom. The number of fused-ring (bicyclic) bond motifs is 2. The molecule has 2 amide bonds. The molecule has 2 aliphatic heterocycles. The number of aromatic nitrogens is 4. The van der Waals surface area contributed by atoms with Crippen molar-refractivity contribution in [1.82, 2.24) is 30.6 Å². The zero-order chi connectivity index (χ0) is 48.9. The molecule has 8 heterocycles. The fraction of sp³-hybridized carbons (Fsp3) is 0.319. The number of aryl methyl sites for hydroxylation is 2. The van der Waals surface area contributed by atoms with Crippen LogP contribution < -0.4 is 30.7 Å². The minimum Gasteiger partial charge on any atom is -0.484 e. The van der Waals surface area contributed by atoms with E-state index >= 15 is 0 Å². The molecule has 6 aromatic heterocycles. The zero-order valence-corrected chi connectivity index (χ0v) is 41.6. The smallest absolute Gasteiger partial charge is 0.328 e. The SMILES string of the molecule is COC(=O)[C@H](Cc1ccc(OCCc2ccc3c(n2)NCCC3)s1)NC(=O)c1c(Cl)cncc1Cl.O=C(N[C@@H](Cc1ccc(OCCc2ccc3c(n2)NCCC3)s1)C(=O)O)c1c(Cl)cncc1Cl. The van der Waals surface area contributed by atoms with Crippen LogP contribution in [0.15, 0.2) is 73.3 Å². The maximum absolute atomic E-state index is 12.7. The lowest BCUT2D eigenvalue weighted by molar-refractivity contribution is -0.143. The van der Waals surface area contributed by atoms with Gasteiger partial charge in [0.05, 0.1) is 51.5 Å². The van der Waals surface area contributed by atoms with Crippen molar-refractivity contribution in [2.45, 2.75) is 63.5 Å². The van der Waals surface area contributed by atoms with E-state index in [9.17, 15) is 24.3 Å². The number of methoxy groups -OCH3 is 1. The number of aliphatic carboxylic acids is 1. The Morgan fingerprint density at radius 2 is 1.09 bits per heavy atom. The summed E-state index contributed by atoms with van der Waals surface area (Å²) < 4.78 is 16.6. The number of amides is 2. The highest BCUT2D eigenvalue weighted by atomic mass is 35.5. The van der Waals surface area contributed by atoms with Crippen molar-refractivity contribution >= 4 is 104 Å². The summed E-state index contributed by atoms with van der Waals surface area (Å²) in [6.07, 6.45) is 11.2. The summed E-state index contributed by atoms with van der Waals surface area (Å²) in [4.78, 5) is 67.9. The first kappa shape index (κ1) is 51.1. The predicted molar refractivity (Wildman–Crippen MR) is 267 cm³/mol. The second kappa shape index (κ2) is 24.7. The summed E-state index contributed by atoms with van der Waals surface area (Å²) in [5, 5.41) is 23.1. The number of halogens is 4. The fourth-order valence-corrected chi connectivity index (χ4v) is 10.2. The number of nitrogens with zero attached hydrogens (tertiary/aromatic N) is 4. The highest BCUT2D eigenvalue weighted by Gasteiger charge is 2.27. The summed E-state index contributed by atoms with van der Waals surface area (Å²) in [6.45, 7) is 2.82. The van der Waals surface area contributed by atoms with E-state index in [4.69, 9.17) is 60.6 Å². The lowest BCUT2D eigenvalue weighted by Crippen LogP contribution is -2.43. The van der Waals surface area contributed by atoms with Crippen LogP contribution in [-0.4, -0.2) is 94.3 Å². The van der Waals surface area contributed by atoms with E-state index in [0.717, 1.165) is 71.6 Å². The van der Waals surface area contributed by atoms with Crippen molar-refractivity contribution in [3.05, 3.63) is 137 Å². The Hall–Kier alpha value is -5.76. The summed E-state index contributed by atoms with van der Waals surface area (Å²) in [6, 6.07) is 13.5. The molecule has 0 saturated heterocycles. The van der Waals surface area contributed by atoms with Crippen LogP contribution in [0.2, 0.25) is 20.1 Å². The number of pyridine rings is 4. The second-order valence-corrected chi connectivity index (χ2v) is 19.5. The summed E-state index contributed by atoms with van der Waals surface area (Å²) >= 11 is 26.9. The van der Waals surface area contributed by atoms with E-state index < -0.39 is 35.8 Å². The van der Waals surface area contributed by atoms with Crippen molar-refractivity contribution in [3.63, 3.8) is 0 Å². The zero-order valence-electron chi connectivity index (χ0n) is 37.0. The third-order valence-electron chi connectivity index (χ3n) is 10.7. The lowest BCUT2D eigenvalue weighted by atomic mass is 10.1. The molecule has 0 saturated carbocycles. The molecule has 2 aliphatic rings. The number of carboxylic acid groups (broad SMARTS) is 1. The van der Waals surface area contributed by atoms with Crippen LogP contribution in [0.4, 0.5) is 11.6 Å². The molecule has 0 fully saturated rings. The Labute approximate surface area is 425 Å². The molecule has 0 radical (unpaired) electrons. The number of carboxylic acids is 1. The van der Waals surface area contributed by atoms with Crippen LogP contribution in [0.5, 0.6) is 10.1 Å². The topological polar surface area (TPSA) is 216 Å². The minimum atomic E-state index is -1.17. The standard InChI is InChI=1S/C24H24Cl2N4O4S.C23H22Cl2N4O4S/c1-33-24(32)19(30-23(31)21-17(25)12-27-13-18(21)26)11-16-6-7-20(35-16)34-10-8-15-5-4-14-3-2-9-28-22(14)29-15;24-16-11-26-12-17(25)20(16)22(30)29-18(23(31)32)10-15-5-6-19(34-15)33-9-7-14-4-3-13-2-1-8-27-21(13)28-14/h4-7,12-13,19H,2-3,8-11H2,1H3,(H,28,29)(H,30,31);3-6,11-12,18H,1-2,7-10H2,(H,27,28)(H,29,30)(H,31,32)/t19-;18-/m00/s1. The molecule has 6 aromatic rings. The van der Waals surface area contributed by atoms with Crippen LogP contribution in [-0.2, 0) is 52.9 Å². The number of carbonyl (C=O) groups is 4. The molecular formula is C47H46Cl4N8O8S2. The number of nitrogens with one attached hydrogen (secondary N) is 4. The van der Waals surface area contributed by atoms with Crippen LogP contribution in [0.25, 0.3) is 0 Å².